The van der Waals surface area contributed by atoms with Crippen molar-refractivity contribution < 1.29 is 14.6 Å². The summed E-state index contributed by atoms with van der Waals surface area (Å²) in [6.45, 7) is 7.50. The van der Waals surface area contributed by atoms with Crippen LogP contribution in [0.3, 0.4) is 0 Å². The van der Waals surface area contributed by atoms with Gasteiger partial charge >= 0.3 is 5.97 Å². The molecule has 0 atom stereocenters. The second-order valence-corrected chi connectivity index (χ2v) is 10.5. The SMILES string of the molecule is C=C(C)C(=O)OC12CC3CC(CC(C3)C1)C2.Cc1ccc(C=CC=Cc2ccc(O)cc2)cc1. The highest BCUT2D eigenvalue weighted by Gasteiger charge is 2.53. The minimum Gasteiger partial charge on any atom is -0.508 e. The molecule has 0 aliphatic heterocycles. The van der Waals surface area contributed by atoms with E-state index in [-0.39, 0.29) is 11.6 Å². The molecule has 178 valence electrons. The van der Waals surface area contributed by atoms with Gasteiger partial charge in [-0.15, -0.1) is 0 Å². The van der Waals surface area contributed by atoms with E-state index in [1.807, 2.05) is 30.4 Å². The first-order valence-electron chi connectivity index (χ1n) is 12.4. The van der Waals surface area contributed by atoms with Gasteiger partial charge in [0.1, 0.15) is 11.4 Å². The van der Waals surface area contributed by atoms with E-state index in [0.717, 1.165) is 42.6 Å². The topological polar surface area (TPSA) is 46.5 Å². The predicted molar refractivity (Wildman–Crippen MR) is 139 cm³/mol. The number of ether oxygens (including phenoxy) is 1. The average molecular weight is 457 g/mol. The number of phenolic OH excluding ortho intramolecular Hbond substituents is 1. The number of carbonyl (C=O) groups is 1. The second-order valence-electron chi connectivity index (χ2n) is 10.5. The summed E-state index contributed by atoms with van der Waals surface area (Å²) in [5.41, 5.74) is 3.96. The molecule has 4 aliphatic rings. The fourth-order valence-corrected chi connectivity index (χ4v) is 6.04. The van der Waals surface area contributed by atoms with Crippen LogP contribution in [0.4, 0.5) is 0 Å². The Kier molecular flexibility index (Phi) is 7.41. The minimum atomic E-state index is -0.179. The summed E-state index contributed by atoms with van der Waals surface area (Å²) < 4.78 is 5.77. The molecule has 34 heavy (non-hydrogen) atoms. The number of esters is 1. The lowest BCUT2D eigenvalue weighted by Gasteiger charge is -2.55. The highest BCUT2D eigenvalue weighted by atomic mass is 16.6. The zero-order chi connectivity index (χ0) is 24.1. The molecule has 6 rings (SSSR count). The standard InChI is InChI=1S/C17H16O.C14H20O2/c1-14-6-8-15(9-7-14)4-2-3-5-16-10-12-17(18)13-11-16;1-9(2)13(15)16-14-6-10-3-11(7-14)5-12(4-10)8-14/h2-13,18H,1H3;10-12H,1,3-8H2,2H3. The molecule has 0 spiro atoms. The van der Waals surface area contributed by atoms with E-state index in [9.17, 15) is 4.79 Å². The summed E-state index contributed by atoms with van der Waals surface area (Å²) in [4.78, 5) is 11.7. The summed E-state index contributed by atoms with van der Waals surface area (Å²) in [6, 6.07) is 15.5. The molecule has 0 radical (unpaired) electrons. The monoisotopic (exact) mass is 456 g/mol. The van der Waals surface area contributed by atoms with E-state index in [0.29, 0.717) is 11.3 Å². The molecule has 1 N–H and O–H groups in total. The Morgan fingerprint density at radius 2 is 1.32 bits per heavy atom. The maximum Gasteiger partial charge on any atom is 0.333 e. The molecule has 0 aromatic heterocycles. The molecule has 4 bridgehead atoms. The summed E-state index contributed by atoms with van der Waals surface area (Å²) >= 11 is 0. The Hall–Kier alpha value is -3.07. The number of carbonyl (C=O) groups excluding carboxylic acids is 1. The number of aromatic hydroxyl groups is 1. The molecule has 2 aromatic rings. The summed E-state index contributed by atoms with van der Waals surface area (Å²) in [6.07, 6.45) is 15.5. The number of phenols is 1. The van der Waals surface area contributed by atoms with Crippen molar-refractivity contribution in [2.45, 2.75) is 58.0 Å². The molecule has 4 fully saturated rings. The quantitative estimate of drug-likeness (QED) is 0.288. The van der Waals surface area contributed by atoms with Gasteiger partial charge in [-0.2, -0.15) is 0 Å². The third kappa shape index (κ3) is 6.28. The number of allylic oxidation sites excluding steroid dienone is 2. The van der Waals surface area contributed by atoms with Gasteiger partial charge in [-0.05, 0) is 93.4 Å². The summed E-state index contributed by atoms with van der Waals surface area (Å²) in [5.74, 6) is 2.59. The fourth-order valence-electron chi connectivity index (χ4n) is 6.04. The molecule has 3 heteroatoms. The van der Waals surface area contributed by atoms with E-state index in [4.69, 9.17) is 9.84 Å². The Labute approximate surface area is 203 Å². The first-order valence-corrected chi connectivity index (χ1v) is 12.4. The average Bonchev–Trinajstić information content (AvgIpc) is 2.78. The van der Waals surface area contributed by atoms with Crippen LogP contribution in [0.2, 0.25) is 0 Å². The first kappa shape index (κ1) is 24.1. The lowest BCUT2D eigenvalue weighted by Crippen LogP contribution is -2.52. The van der Waals surface area contributed by atoms with Crippen molar-refractivity contribution in [2.75, 3.05) is 0 Å². The number of hydrogen-bond acceptors (Lipinski definition) is 3. The molecule has 0 amide bonds. The van der Waals surface area contributed by atoms with Gasteiger partial charge in [0.15, 0.2) is 0 Å². The van der Waals surface area contributed by atoms with E-state index >= 15 is 0 Å². The second kappa shape index (κ2) is 10.5. The lowest BCUT2D eigenvalue weighted by atomic mass is 9.54. The summed E-state index contributed by atoms with van der Waals surface area (Å²) in [5, 5.41) is 9.16. The third-order valence-electron chi connectivity index (χ3n) is 7.30. The van der Waals surface area contributed by atoms with Gasteiger partial charge in [0.05, 0.1) is 0 Å². The van der Waals surface area contributed by atoms with E-state index in [2.05, 4.69) is 43.8 Å². The van der Waals surface area contributed by atoms with Gasteiger partial charge < -0.3 is 9.84 Å². The Morgan fingerprint density at radius 1 is 0.882 bits per heavy atom. The van der Waals surface area contributed by atoms with Crippen LogP contribution in [0, 0.1) is 24.7 Å². The van der Waals surface area contributed by atoms with Crippen molar-refractivity contribution in [3.8, 4) is 5.75 Å². The minimum absolute atomic E-state index is 0.106. The van der Waals surface area contributed by atoms with E-state index < -0.39 is 0 Å². The molecular weight excluding hydrogens is 420 g/mol. The van der Waals surface area contributed by atoms with Gasteiger partial charge in [-0.25, -0.2) is 4.79 Å². The largest absolute Gasteiger partial charge is 0.508 e. The fraction of sp³-hybridized carbons (Fsp3) is 0.387. The van der Waals surface area contributed by atoms with Gasteiger partial charge in [0.25, 0.3) is 0 Å². The van der Waals surface area contributed by atoms with Crippen molar-refractivity contribution >= 4 is 18.1 Å². The highest BCUT2D eigenvalue weighted by molar-refractivity contribution is 5.87. The van der Waals surface area contributed by atoms with Crippen LogP contribution in [-0.2, 0) is 9.53 Å². The Morgan fingerprint density at radius 3 is 1.76 bits per heavy atom. The van der Waals surface area contributed by atoms with Crippen LogP contribution < -0.4 is 0 Å². The predicted octanol–water partition coefficient (Wildman–Crippen LogP) is 7.50. The summed E-state index contributed by atoms with van der Waals surface area (Å²) in [7, 11) is 0. The number of benzene rings is 2. The molecule has 4 aliphatic carbocycles. The normalized spacial score (nSPS) is 26.9. The highest BCUT2D eigenvalue weighted by Crippen LogP contribution is 2.57. The van der Waals surface area contributed by atoms with Gasteiger partial charge in [0, 0.05) is 5.57 Å². The van der Waals surface area contributed by atoms with Gasteiger partial charge in [-0.3, -0.25) is 0 Å². The molecule has 2 aromatic carbocycles. The van der Waals surface area contributed by atoms with Crippen LogP contribution >= 0.6 is 0 Å². The van der Waals surface area contributed by atoms with Crippen molar-refractivity contribution in [2.24, 2.45) is 17.8 Å². The maximum atomic E-state index is 11.7. The smallest absolute Gasteiger partial charge is 0.333 e. The van der Waals surface area contributed by atoms with Crippen LogP contribution in [0.5, 0.6) is 5.75 Å². The Bertz CT molecular complexity index is 968. The zero-order valence-corrected chi connectivity index (χ0v) is 20.4. The van der Waals surface area contributed by atoms with E-state index in [1.165, 1.54) is 30.4 Å². The van der Waals surface area contributed by atoms with Gasteiger partial charge in [-0.1, -0.05) is 72.8 Å². The van der Waals surface area contributed by atoms with Crippen molar-refractivity contribution in [3.63, 3.8) is 0 Å². The van der Waals surface area contributed by atoms with Gasteiger partial charge in [0.2, 0.25) is 0 Å². The van der Waals surface area contributed by atoms with Crippen LogP contribution in [0.25, 0.3) is 12.2 Å². The van der Waals surface area contributed by atoms with Crippen molar-refractivity contribution in [1.82, 2.24) is 0 Å². The number of rotatable bonds is 5. The molecule has 0 heterocycles. The van der Waals surface area contributed by atoms with E-state index in [1.54, 1.807) is 19.1 Å². The Balaban J connectivity index is 0.000000162. The molecule has 0 saturated heterocycles. The van der Waals surface area contributed by atoms with Crippen molar-refractivity contribution in [1.29, 1.82) is 0 Å². The van der Waals surface area contributed by atoms with Crippen LogP contribution in [-0.4, -0.2) is 16.7 Å². The molecule has 0 unspecified atom stereocenters. The van der Waals surface area contributed by atoms with Crippen molar-refractivity contribution in [3.05, 3.63) is 89.5 Å². The third-order valence-corrected chi connectivity index (χ3v) is 7.30. The zero-order valence-electron chi connectivity index (χ0n) is 20.4. The lowest BCUT2D eigenvalue weighted by molar-refractivity contribution is -0.182. The van der Waals surface area contributed by atoms with Crippen LogP contribution in [0.15, 0.2) is 72.8 Å². The maximum absolute atomic E-state index is 11.7. The molecule has 4 saturated carbocycles. The molecular formula is C31H36O3. The molecule has 3 nitrogen and oxygen atoms in total. The number of aryl methyl sites for hydroxylation is 1. The first-order chi connectivity index (χ1) is 16.3. The van der Waals surface area contributed by atoms with Crippen LogP contribution in [0.1, 0.15) is 62.1 Å². The number of hydrogen-bond donors (Lipinski definition) is 1.